The van der Waals surface area contributed by atoms with Gasteiger partial charge in [0.05, 0.1) is 5.56 Å². The Labute approximate surface area is 128 Å². The van der Waals surface area contributed by atoms with Crippen LogP contribution in [0.25, 0.3) is 11.6 Å². The maximum absolute atomic E-state index is 12.8. The second kappa shape index (κ2) is 5.05. The predicted molar refractivity (Wildman–Crippen MR) is 77.7 cm³/mol. The summed E-state index contributed by atoms with van der Waals surface area (Å²) >= 11 is 0. The number of hydrogen-bond acceptors (Lipinski definition) is 3. The number of anilines is 1. The second-order valence-corrected chi connectivity index (χ2v) is 5.01. The van der Waals surface area contributed by atoms with Crippen LogP contribution in [0.1, 0.15) is 16.7 Å². The summed E-state index contributed by atoms with van der Waals surface area (Å²) in [6, 6.07) is 6.62. The molecule has 0 atom stereocenters. The van der Waals surface area contributed by atoms with E-state index in [1.54, 1.807) is 0 Å². The number of phenolic OH excluding ortho intramolecular Hbond substituents is 2. The van der Waals surface area contributed by atoms with Crippen LogP contribution in [0.15, 0.2) is 36.4 Å². The van der Waals surface area contributed by atoms with Gasteiger partial charge in [-0.1, -0.05) is 0 Å². The first-order valence-corrected chi connectivity index (χ1v) is 6.52. The molecule has 0 saturated carbocycles. The Morgan fingerprint density at radius 3 is 2.48 bits per heavy atom. The van der Waals surface area contributed by atoms with Crippen LogP contribution in [0, 0.1) is 0 Å². The number of fused-ring (bicyclic) bond motifs is 1. The predicted octanol–water partition coefficient (Wildman–Crippen LogP) is 3.61. The summed E-state index contributed by atoms with van der Waals surface area (Å²) in [5.41, 5.74) is -0.423. The minimum Gasteiger partial charge on any atom is -0.508 e. The van der Waals surface area contributed by atoms with Crippen LogP contribution < -0.4 is 5.32 Å². The molecule has 0 saturated heterocycles. The molecule has 1 heterocycles. The van der Waals surface area contributed by atoms with Gasteiger partial charge in [-0.2, -0.15) is 13.2 Å². The number of aromatic hydroxyl groups is 2. The summed E-state index contributed by atoms with van der Waals surface area (Å²) in [7, 11) is 0. The van der Waals surface area contributed by atoms with Crippen LogP contribution in [-0.4, -0.2) is 16.1 Å². The monoisotopic (exact) mass is 321 g/mol. The van der Waals surface area contributed by atoms with Crippen molar-refractivity contribution < 1.29 is 28.2 Å². The fraction of sp³-hybridized carbons (Fsp3) is 0.0625. The molecule has 0 spiro atoms. The zero-order valence-electron chi connectivity index (χ0n) is 11.5. The molecule has 118 valence electrons. The first-order chi connectivity index (χ1) is 10.8. The molecule has 0 bridgehead atoms. The minimum absolute atomic E-state index is 0.0213. The second-order valence-electron chi connectivity index (χ2n) is 5.01. The van der Waals surface area contributed by atoms with E-state index in [4.69, 9.17) is 0 Å². The Morgan fingerprint density at radius 2 is 1.78 bits per heavy atom. The molecule has 0 fully saturated rings. The SMILES string of the molecule is O=C1Nc2ccc(C(F)(F)F)cc2/C1=C\c1cc(O)ccc1O. The van der Waals surface area contributed by atoms with E-state index in [2.05, 4.69) is 5.32 Å². The molecule has 4 nitrogen and oxygen atoms in total. The standard InChI is InChI=1S/C16H10F3NO3/c17-16(18,19)9-1-3-13-11(7-9)12(15(23)20-13)6-8-5-10(21)2-4-14(8)22/h1-7,21-22H,(H,20,23)/b12-6+. The van der Waals surface area contributed by atoms with Crippen molar-refractivity contribution in [3.05, 3.63) is 53.1 Å². The van der Waals surface area contributed by atoms with E-state index < -0.39 is 17.6 Å². The van der Waals surface area contributed by atoms with Crippen LogP contribution >= 0.6 is 0 Å². The number of alkyl halides is 3. The summed E-state index contributed by atoms with van der Waals surface area (Å²) in [4.78, 5) is 12.0. The molecule has 1 aliphatic heterocycles. The van der Waals surface area contributed by atoms with Gasteiger partial charge in [0, 0.05) is 22.4 Å². The average Bonchev–Trinajstić information content (AvgIpc) is 2.77. The molecule has 7 heteroatoms. The Hall–Kier alpha value is -2.96. The number of hydrogen-bond donors (Lipinski definition) is 3. The highest BCUT2D eigenvalue weighted by molar-refractivity contribution is 6.35. The van der Waals surface area contributed by atoms with E-state index in [-0.39, 0.29) is 33.9 Å². The summed E-state index contributed by atoms with van der Waals surface area (Å²) in [6.45, 7) is 0. The van der Waals surface area contributed by atoms with Gasteiger partial charge in [0.15, 0.2) is 0 Å². The third-order valence-corrected chi connectivity index (χ3v) is 3.44. The topological polar surface area (TPSA) is 69.6 Å². The summed E-state index contributed by atoms with van der Waals surface area (Å²) in [5.74, 6) is -0.928. The molecule has 23 heavy (non-hydrogen) atoms. The third kappa shape index (κ3) is 2.73. The lowest BCUT2D eigenvalue weighted by Gasteiger charge is -2.08. The Balaban J connectivity index is 2.14. The van der Waals surface area contributed by atoms with Gasteiger partial charge >= 0.3 is 6.18 Å². The van der Waals surface area contributed by atoms with Crippen LogP contribution in [0.2, 0.25) is 0 Å². The van der Waals surface area contributed by atoms with E-state index in [0.717, 1.165) is 12.1 Å². The summed E-state index contributed by atoms with van der Waals surface area (Å²) in [6.07, 6.45) is -3.30. The van der Waals surface area contributed by atoms with Crippen LogP contribution in [0.3, 0.4) is 0 Å². The van der Waals surface area contributed by atoms with Crippen molar-refractivity contribution >= 4 is 23.2 Å². The number of phenols is 2. The van der Waals surface area contributed by atoms with E-state index >= 15 is 0 Å². The van der Waals surface area contributed by atoms with Gasteiger partial charge in [-0.3, -0.25) is 4.79 Å². The zero-order chi connectivity index (χ0) is 16.8. The molecule has 3 N–H and O–H groups in total. The van der Waals surface area contributed by atoms with Crippen molar-refractivity contribution in [3.8, 4) is 11.5 Å². The molecule has 1 aliphatic rings. The smallest absolute Gasteiger partial charge is 0.416 e. The molecule has 3 rings (SSSR count). The fourth-order valence-corrected chi connectivity index (χ4v) is 2.32. The lowest BCUT2D eigenvalue weighted by Crippen LogP contribution is -2.04. The van der Waals surface area contributed by atoms with E-state index in [1.165, 1.54) is 30.3 Å². The Morgan fingerprint density at radius 1 is 1.04 bits per heavy atom. The third-order valence-electron chi connectivity index (χ3n) is 3.44. The molecule has 2 aromatic carbocycles. The average molecular weight is 321 g/mol. The zero-order valence-corrected chi connectivity index (χ0v) is 11.5. The molecular weight excluding hydrogens is 311 g/mol. The van der Waals surface area contributed by atoms with E-state index in [0.29, 0.717) is 0 Å². The van der Waals surface area contributed by atoms with Gasteiger partial charge in [0.25, 0.3) is 5.91 Å². The summed E-state index contributed by atoms with van der Waals surface area (Å²) in [5, 5.41) is 21.6. The van der Waals surface area contributed by atoms with E-state index in [9.17, 15) is 28.2 Å². The molecule has 0 aromatic heterocycles. The molecule has 2 aromatic rings. The number of carbonyl (C=O) groups excluding carboxylic acids is 1. The highest BCUT2D eigenvalue weighted by Crippen LogP contribution is 2.39. The first-order valence-electron chi connectivity index (χ1n) is 6.52. The molecule has 0 unspecified atom stereocenters. The fourth-order valence-electron chi connectivity index (χ4n) is 2.32. The van der Waals surface area contributed by atoms with Crippen LogP contribution in [0.4, 0.5) is 18.9 Å². The molecule has 1 amide bonds. The highest BCUT2D eigenvalue weighted by Gasteiger charge is 2.33. The molecular formula is C16H10F3NO3. The number of halogens is 3. The number of benzene rings is 2. The van der Waals surface area contributed by atoms with Crippen molar-refractivity contribution in [1.82, 2.24) is 0 Å². The number of carbonyl (C=O) groups is 1. The quantitative estimate of drug-likeness (QED) is 0.555. The maximum atomic E-state index is 12.8. The number of amides is 1. The number of nitrogens with one attached hydrogen (secondary N) is 1. The van der Waals surface area contributed by atoms with Crippen LogP contribution in [0.5, 0.6) is 11.5 Å². The van der Waals surface area contributed by atoms with E-state index in [1.807, 2.05) is 0 Å². The normalized spacial score (nSPS) is 15.6. The largest absolute Gasteiger partial charge is 0.508 e. The maximum Gasteiger partial charge on any atom is 0.416 e. The van der Waals surface area contributed by atoms with Gasteiger partial charge < -0.3 is 15.5 Å². The van der Waals surface area contributed by atoms with Gasteiger partial charge in [-0.05, 0) is 42.5 Å². The lowest BCUT2D eigenvalue weighted by molar-refractivity contribution is -0.137. The van der Waals surface area contributed by atoms with Crippen molar-refractivity contribution in [2.75, 3.05) is 5.32 Å². The van der Waals surface area contributed by atoms with Gasteiger partial charge in [0.1, 0.15) is 11.5 Å². The van der Waals surface area contributed by atoms with Crippen molar-refractivity contribution in [3.63, 3.8) is 0 Å². The first kappa shape index (κ1) is 15.0. The lowest BCUT2D eigenvalue weighted by atomic mass is 10.0. The van der Waals surface area contributed by atoms with Gasteiger partial charge in [-0.25, -0.2) is 0 Å². The van der Waals surface area contributed by atoms with Gasteiger partial charge in [-0.15, -0.1) is 0 Å². The van der Waals surface area contributed by atoms with Gasteiger partial charge in [0.2, 0.25) is 0 Å². The van der Waals surface area contributed by atoms with Crippen LogP contribution in [-0.2, 0) is 11.0 Å². The molecule has 0 radical (unpaired) electrons. The Bertz CT molecular complexity index is 841. The molecule has 0 aliphatic carbocycles. The van der Waals surface area contributed by atoms with Crippen molar-refractivity contribution in [1.29, 1.82) is 0 Å². The summed E-state index contributed by atoms with van der Waals surface area (Å²) < 4.78 is 38.5. The van der Waals surface area contributed by atoms with Crippen molar-refractivity contribution in [2.24, 2.45) is 0 Å². The Kier molecular flexibility index (Phi) is 3.28. The minimum atomic E-state index is -4.53. The highest BCUT2D eigenvalue weighted by atomic mass is 19.4. The number of rotatable bonds is 1. The van der Waals surface area contributed by atoms with Crippen molar-refractivity contribution in [2.45, 2.75) is 6.18 Å².